The van der Waals surface area contributed by atoms with Crippen LogP contribution in [0, 0.1) is 0 Å². The van der Waals surface area contributed by atoms with E-state index in [-0.39, 0.29) is 5.41 Å². The van der Waals surface area contributed by atoms with Gasteiger partial charge in [-0.2, -0.15) is 4.98 Å². The highest BCUT2D eigenvalue weighted by Crippen LogP contribution is 2.51. The Kier molecular flexibility index (Phi) is 4.44. The van der Waals surface area contributed by atoms with E-state index in [1.807, 2.05) is 24.4 Å². The van der Waals surface area contributed by atoms with Crippen LogP contribution in [0.3, 0.4) is 0 Å². The second-order valence-corrected chi connectivity index (χ2v) is 6.93. The molecule has 2 heterocycles. The number of para-hydroxylation sites is 1. The predicted octanol–water partition coefficient (Wildman–Crippen LogP) is 2.40. The molecule has 1 aromatic carbocycles. The van der Waals surface area contributed by atoms with E-state index in [1.54, 1.807) is 7.11 Å². The van der Waals surface area contributed by atoms with E-state index in [1.165, 1.54) is 18.4 Å². The summed E-state index contributed by atoms with van der Waals surface area (Å²) in [5.74, 6) is 2.53. The minimum absolute atomic E-state index is 0.153. The quantitative estimate of drug-likeness (QED) is 0.720. The molecule has 2 aliphatic rings. The lowest BCUT2D eigenvalue weighted by molar-refractivity contribution is 0.404. The van der Waals surface area contributed by atoms with Crippen LogP contribution in [0.1, 0.15) is 24.8 Å². The first-order chi connectivity index (χ1) is 12.3. The molecule has 6 heteroatoms. The molecule has 0 radical (unpaired) electrons. The number of benzene rings is 1. The first-order valence-corrected chi connectivity index (χ1v) is 8.97. The van der Waals surface area contributed by atoms with E-state index in [9.17, 15) is 0 Å². The van der Waals surface area contributed by atoms with Crippen LogP contribution in [-0.4, -0.2) is 42.8 Å². The van der Waals surface area contributed by atoms with Gasteiger partial charge in [-0.05, 0) is 37.9 Å². The summed E-state index contributed by atoms with van der Waals surface area (Å²) in [7, 11) is 1.74. The molecule has 1 aliphatic heterocycles. The lowest BCUT2D eigenvalue weighted by Crippen LogP contribution is -2.24. The first-order valence-electron chi connectivity index (χ1n) is 8.97. The van der Waals surface area contributed by atoms with E-state index in [4.69, 9.17) is 4.74 Å². The molecule has 0 amide bonds. The second-order valence-electron chi connectivity index (χ2n) is 6.93. The third kappa shape index (κ3) is 3.54. The number of aromatic nitrogens is 2. The van der Waals surface area contributed by atoms with Gasteiger partial charge >= 0.3 is 0 Å². The van der Waals surface area contributed by atoms with Gasteiger partial charge in [-0.25, -0.2) is 4.98 Å². The first kappa shape index (κ1) is 16.1. The van der Waals surface area contributed by atoms with Crippen molar-refractivity contribution in [2.24, 2.45) is 0 Å². The Morgan fingerprint density at radius 1 is 1.28 bits per heavy atom. The van der Waals surface area contributed by atoms with Crippen molar-refractivity contribution in [1.82, 2.24) is 15.3 Å². The Balaban J connectivity index is 1.42. The summed E-state index contributed by atoms with van der Waals surface area (Å²) in [5, 5.41) is 10.2. The SMILES string of the molecule is COc1ccccc1C1(CNc2ccnc(NC3CCNC3)n2)CC1. The van der Waals surface area contributed by atoms with Crippen molar-refractivity contribution in [3.63, 3.8) is 0 Å². The topological polar surface area (TPSA) is 71.1 Å². The highest BCUT2D eigenvalue weighted by Gasteiger charge is 2.45. The second kappa shape index (κ2) is 6.88. The Bertz CT molecular complexity index is 725. The normalized spacial score (nSPS) is 20.9. The summed E-state index contributed by atoms with van der Waals surface area (Å²) in [4.78, 5) is 8.95. The summed E-state index contributed by atoms with van der Waals surface area (Å²) in [6.07, 6.45) is 5.26. The van der Waals surface area contributed by atoms with Crippen molar-refractivity contribution in [3.05, 3.63) is 42.1 Å². The van der Waals surface area contributed by atoms with Gasteiger partial charge in [0, 0.05) is 36.3 Å². The minimum Gasteiger partial charge on any atom is -0.496 e. The molecule has 2 fully saturated rings. The maximum absolute atomic E-state index is 5.55. The van der Waals surface area contributed by atoms with E-state index in [0.29, 0.717) is 12.0 Å². The van der Waals surface area contributed by atoms with Gasteiger partial charge in [0.25, 0.3) is 0 Å². The average Bonchev–Trinajstić information content (AvgIpc) is 3.28. The van der Waals surface area contributed by atoms with Crippen LogP contribution in [0.5, 0.6) is 5.75 Å². The zero-order valence-corrected chi connectivity index (χ0v) is 14.6. The molecule has 4 rings (SSSR count). The Morgan fingerprint density at radius 3 is 2.92 bits per heavy atom. The summed E-state index contributed by atoms with van der Waals surface area (Å²) in [5.41, 5.74) is 1.44. The fourth-order valence-corrected chi connectivity index (χ4v) is 3.52. The summed E-state index contributed by atoms with van der Waals surface area (Å²) >= 11 is 0. The fourth-order valence-electron chi connectivity index (χ4n) is 3.52. The third-order valence-electron chi connectivity index (χ3n) is 5.19. The van der Waals surface area contributed by atoms with Crippen molar-refractivity contribution in [3.8, 4) is 5.75 Å². The van der Waals surface area contributed by atoms with Crippen molar-refractivity contribution >= 4 is 11.8 Å². The minimum atomic E-state index is 0.153. The van der Waals surface area contributed by atoms with Crippen LogP contribution < -0.4 is 20.7 Å². The van der Waals surface area contributed by atoms with Gasteiger partial charge in [0.05, 0.1) is 7.11 Å². The summed E-state index contributed by atoms with van der Waals surface area (Å²) in [6.45, 7) is 2.88. The number of ether oxygens (including phenoxy) is 1. The van der Waals surface area contributed by atoms with E-state index >= 15 is 0 Å². The van der Waals surface area contributed by atoms with Crippen molar-refractivity contribution < 1.29 is 4.74 Å². The third-order valence-corrected chi connectivity index (χ3v) is 5.19. The molecular formula is C19H25N5O. The lowest BCUT2D eigenvalue weighted by atomic mass is 9.95. The predicted molar refractivity (Wildman–Crippen MR) is 99.3 cm³/mol. The standard InChI is InChI=1S/C19H25N5O/c1-25-16-5-3-2-4-15(16)19(8-9-19)13-22-17-7-11-21-18(24-17)23-14-6-10-20-12-14/h2-5,7,11,14,20H,6,8-10,12-13H2,1H3,(H2,21,22,23,24). The van der Waals surface area contributed by atoms with Crippen molar-refractivity contribution in [1.29, 1.82) is 0 Å². The number of nitrogens with one attached hydrogen (secondary N) is 3. The molecule has 25 heavy (non-hydrogen) atoms. The number of rotatable bonds is 7. The monoisotopic (exact) mass is 339 g/mol. The Morgan fingerprint density at radius 2 is 2.16 bits per heavy atom. The van der Waals surface area contributed by atoms with E-state index < -0.39 is 0 Å². The largest absolute Gasteiger partial charge is 0.496 e. The number of hydrogen-bond donors (Lipinski definition) is 3. The van der Waals surface area contributed by atoms with Gasteiger partial charge in [-0.1, -0.05) is 18.2 Å². The molecule has 2 aromatic rings. The molecule has 0 spiro atoms. The van der Waals surface area contributed by atoms with Gasteiger partial charge in [-0.3, -0.25) is 0 Å². The van der Waals surface area contributed by atoms with Crippen LogP contribution in [0.25, 0.3) is 0 Å². The van der Waals surface area contributed by atoms with Crippen LogP contribution >= 0.6 is 0 Å². The molecule has 1 aromatic heterocycles. The zero-order chi connectivity index (χ0) is 17.1. The maximum Gasteiger partial charge on any atom is 0.224 e. The maximum atomic E-state index is 5.55. The number of methoxy groups -OCH3 is 1. The van der Waals surface area contributed by atoms with Gasteiger partial charge in [0.1, 0.15) is 11.6 Å². The molecular weight excluding hydrogens is 314 g/mol. The molecule has 1 unspecified atom stereocenters. The molecule has 1 atom stereocenters. The number of anilines is 2. The smallest absolute Gasteiger partial charge is 0.224 e. The van der Waals surface area contributed by atoms with Crippen LogP contribution in [0.2, 0.25) is 0 Å². The van der Waals surface area contributed by atoms with Gasteiger partial charge in [0.15, 0.2) is 0 Å². The Hall–Kier alpha value is -2.34. The molecule has 1 aliphatic carbocycles. The van der Waals surface area contributed by atoms with Crippen molar-refractivity contribution in [2.75, 3.05) is 37.4 Å². The zero-order valence-electron chi connectivity index (χ0n) is 14.6. The van der Waals surface area contributed by atoms with E-state index in [2.05, 4.69) is 38.1 Å². The Labute approximate surface area is 148 Å². The molecule has 3 N–H and O–H groups in total. The highest BCUT2D eigenvalue weighted by atomic mass is 16.5. The van der Waals surface area contributed by atoms with Crippen molar-refractivity contribution in [2.45, 2.75) is 30.7 Å². The highest BCUT2D eigenvalue weighted by molar-refractivity contribution is 5.47. The van der Waals surface area contributed by atoms with Gasteiger partial charge in [0.2, 0.25) is 5.95 Å². The lowest BCUT2D eigenvalue weighted by Gasteiger charge is -2.20. The number of nitrogens with zero attached hydrogens (tertiary/aromatic N) is 2. The molecule has 1 saturated carbocycles. The molecule has 1 saturated heterocycles. The van der Waals surface area contributed by atoms with Crippen LogP contribution in [-0.2, 0) is 5.41 Å². The fraction of sp³-hybridized carbons (Fsp3) is 0.474. The summed E-state index contributed by atoms with van der Waals surface area (Å²) < 4.78 is 5.55. The average molecular weight is 339 g/mol. The molecule has 6 nitrogen and oxygen atoms in total. The van der Waals surface area contributed by atoms with Crippen LogP contribution in [0.4, 0.5) is 11.8 Å². The number of hydrogen-bond acceptors (Lipinski definition) is 6. The molecule has 0 bridgehead atoms. The summed E-state index contributed by atoms with van der Waals surface area (Å²) in [6, 6.07) is 10.7. The van der Waals surface area contributed by atoms with Gasteiger partial charge in [-0.15, -0.1) is 0 Å². The van der Waals surface area contributed by atoms with E-state index in [0.717, 1.165) is 37.6 Å². The van der Waals surface area contributed by atoms with Gasteiger partial charge < -0.3 is 20.7 Å². The van der Waals surface area contributed by atoms with Crippen LogP contribution in [0.15, 0.2) is 36.5 Å². The molecule has 132 valence electrons.